The SMILES string of the molecule is CNCCCNC(=O)NCC(C)CC(=O)O. The van der Waals surface area contributed by atoms with Crippen molar-refractivity contribution in [3.05, 3.63) is 0 Å². The van der Waals surface area contributed by atoms with Gasteiger partial charge in [-0.3, -0.25) is 4.79 Å². The van der Waals surface area contributed by atoms with Crippen molar-refractivity contribution in [3.63, 3.8) is 0 Å². The van der Waals surface area contributed by atoms with Gasteiger partial charge in [-0.25, -0.2) is 4.79 Å². The number of nitrogens with one attached hydrogen (secondary N) is 3. The highest BCUT2D eigenvalue weighted by atomic mass is 16.4. The van der Waals surface area contributed by atoms with E-state index in [-0.39, 0.29) is 18.4 Å². The zero-order valence-corrected chi connectivity index (χ0v) is 9.88. The Kier molecular flexibility index (Phi) is 8.24. The van der Waals surface area contributed by atoms with E-state index in [4.69, 9.17) is 5.11 Å². The van der Waals surface area contributed by atoms with Gasteiger partial charge in [-0.2, -0.15) is 0 Å². The molecule has 0 spiro atoms. The Bertz CT molecular complexity index is 221. The van der Waals surface area contributed by atoms with Crippen LogP contribution in [0.1, 0.15) is 19.8 Å². The predicted molar refractivity (Wildman–Crippen MR) is 61.4 cm³/mol. The van der Waals surface area contributed by atoms with Crippen LogP contribution in [0.5, 0.6) is 0 Å². The molecule has 0 aliphatic heterocycles. The molecule has 6 heteroatoms. The molecule has 0 aromatic carbocycles. The van der Waals surface area contributed by atoms with Gasteiger partial charge in [0.25, 0.3) is 0 Å². The fourth-order valence-electron chi connectivity index (χ4n) is 1.17. The lowest BCUT2D eigenvalue weighted by molar-refractivity contribution is -0.137. The zero-order chi connectivity index (χ0) is 12.4. The molecule has 0 heterocycles. The highest BCUT2D eigenvalue weighted by molar-refractivity contribution is 5.73. The topological polar surface area (TPSA) is 90.5 Å². The van der Waals surface area contributed by atoms with E-state index >= 15 is 0 Å². The van der Waals surface area contributed by atoms with Gasteiger partial charge in [0.15, 0.2) is 0 Å². The summed E-state index contributed by atoms with van der Waals surface area (Å²) in [6.45, 7) is 3.63. The Hall–Kier alpha value is -1.30. The van der Waals surface area contributed by atoms with E-state index in [1.54, 1.807) is 6.92 Å². The largest absolute Gasteiger partial charge is 0.481 e. The van der Waals surface area contributed by atoms with Gasteiger partial charge in [-0.15, -0.1) is 0 Å². The van der Waals surface area contributed by atoms with Crippen LogP contribution in [-0.2, 0) is 4.79 Å². The molecule has 1 unspecified atom stereocenters. The summed E-state index contributed by atoms with van der Waals surface area (Å²) in [6, 6.07) is -0.242. The number of aliphatic carboxylic acids is 1. The van der Waals surface area contributed by atoms with Crippen LogP contribution in [0.3, 0.4) is 0 Å². The summed E-state index contributed by atoms with van der Waals surface area (Å²) in [6.07, 6.45) is 0.939. The third-order valence-electron chi connectivity index (χ3n) is 2.02. The number of carboxylic acids is 1. The summed E-state index contributed by atoms with van der Waals surface area (Å²) in [5.74, 6) is -0.899. The second-order valence-electron chi connectivity index (χ2n) is 3.80. The van der Waals surface area contributed by atoms with Crippen molar-refractivity contribution in [2.24, 2.45) is 5.92 Å². The molecule has 0 bridgehead atoms. The van der Waals surface area contributed by atoms with E-state index < -0.39 is 5.97 Å². The van der Waals surface area contributed by atoms with E-state index in [1.807, 2.05) is 7.05 Å². The van der Waals surface area contributed by atoms with Gasteiger partial charge in [0.1, 0.15) is 0 Å². The van der Waals surface area contributed by atoms with Gasteiger partial charge >= 0.3 is 12.0 Å². The summed E-state index contributed by atoms with van der Waals surface area (Å²) in [4.78, 5) is 21.6. The summed E-state index contributed by atoms with van der Waals surface area (Å²) in [7, 11) is 1.85. The highest BCUT2D eigenvalue weighted by Crippen LogP contribution is 1.98. The maximum absolute atomic E-state index is 11.2. The van der Waals surface area contributed by atoms with Crippen LogP contribution in [0, 0.1) is 5.92 Å². The van der Waals surface area contributed by atoms with Gasteiger partial charge < -0.3 is 21.1 Å². The van der Waals surface area contributed by atoms with E-state index in [1.165, 1.54) is 0 Å². The lowest BCUT2D eigenvalue weighted by Crippen LogP contribution is -2.39. The van der Waals surface area contributed by atoms with Gasteiger partial charge in [0.2, 0.25) is 0 Å². The molecule has 16 heavy (non-hydrogen) atoms. The maximum Gasteiger partial charge on any atom is 0.314 e. The second-order valence-corrected chi connectivity index (χ2v) is 3.80. The first-order valence-electron chi connectivity index (χ1n) is 5.44. The number of hydrogen-bond donors (Lipinski definition) is 4. The number of amides is 2. The van der Waals surface area contributed by atoms with E-state index in [2.05, 4.69) is 16.0 Å². The quantitative estimate of drug-likeness (QED) is 0.443. The summed E-state index contributed by atoms with van der Waals surface area (Å²) in [5.41, 5.74) is 0. The molecule has 0 aliphatic rings. The molecule has 0 saturated carbocycles. The van der Waals surface area contributed by atoms with Gasteiger partial charge in [0.05, 0.1) is 0 Å². The van der Waals surface area contributed by atoms with Crippen LogP contribution < -0.4 is 16.0 Å². The molecule has 0 fully saturated rings. The molecule has 0 saturated heterocycles. The Morgan fingerprint density at radius 2 is 1.94 bits per heavy atom. The van der Waals surface area contributed by atoms with Gasteiger partial charge in [-0.1, -0.05) is 6.92 Å². The second kappa shape index (κ2) is 8.96. The number of carboxylic acid groups (broad SMARTS) is 1. The van der Waals surface area contributed by atoms with Crippen molar-refractivity contribution in [1.29, 1.82) is 0 Å². The van der Waals surface area contributed by atoms with E-state index in [9.17, 15) is 9.59 Å². The smallest absolute Gasteiger partial charge is 0.314 e. The number of urea groups is 1. The van der Waals surface area contributed by atoms with Crippen LogP contribution in [-0.4, -0.2) is 43.8 Å². The third kappa shape index (κ3) is 9.26. The zero-order valence-electron chi connectivity index (χ0n) is 9.88. The minimum atomic E-state index is -0.844. The first-order valence-corrected chi connectivity index (χ1v) is 5.44. The number of rotatable bonds is 8. The number of carbonyl (C=O) groups excluding carboxylic acids is 1. The molecule has 2 amide bonds. The normalized spacial score (nSPS) is 11.9. The molecule has 94 valence electrons. The van der Waals surface area contributed by atoms with Crippen LogP contribution in [0.2, 0.25) is 0 Å². The minimum Gasteiger partial charge on any atom is -0.481 e. The van der Waals surface area contributed by atoms with Crippen molar-refractivity contribution in [3.8, 4) is 0 Å². The standard InChI is InChI=1S/C10H21N3O3/c1-8(6-9(14)15)7-13-10(16)12-5-3-4-11-2/h8,11H,3-7H2,1-2H3,(H,14,15)(H2,12,13,16). The third-order valence-corrected chi connectivity index (χ3v) is 2.02. The predicted octanol–water partition coefficient (Wildman–Crippen LogP) is 0.00590. The van der Waals surface area contributed by atoms with Gasteiger partial charge in [0, 0.05) is 19.5 Å². The Morgan fingerprint density at radius 1 is 1.25 bits per heavy atom. The van der Waals surface area contributed by atoms with Crippen molar-refractivity contribution in [1.82, 2.24) is 16.0 Å². The van der Waals surface area contributed by atoms with Crippen LogP contribution in [0.15, 0.2) is 0 Å². The Labute approximate surface area is 95.8 Å². The lowest BCUT2D eigenvalue weighted by Gasteiger charge is -2.11. The summed E-state index contributed by atoms with van der Waals surface area (Å²) in [5, 5.41) is 16.8. The number of carbonyl (C=O) groups is 2. The van der Waals surface area contributed by atoms with E-state index in [0.29, 0.717) is 13.1 Å². The molecular weight excluding hydrogens is 210 g/mol. The molecule has 0 aromatic heterocycles. The maximum atomic E-state index is 11.2. The molecule has 4 N–H and O–H groups in total. The molecule has 0 aromatic rings. The molecule has 0 rings (SSSR count). The first kappa shape index (κ1) is 14.7. The monoisotopic (exact) mass is 231 g/mol. The van der Waals surface area contributed by atoms with Gasteiger partial charge in [-0.05, 0) is 25.9 Å². The lowest BCUT2D eigenvalue weighted by atomic mass is 10.1. The minimum absolute atomic E-state index is 0.0550. The number of hydrogen-bond acceptors (Lipinski definition) is 3. The van der Waals surface area contributed by atoms with E-state index in [0.717, 1.165) is 13.0 Å². The summed E-state index contributed by atoms with van der Waals surface area (Å²) >= 11 is 0. The summed E-state index contributed by atoms with van der Waals surface area (Å²) < 4.78 is 0. The average molecular weight is 231 g/mol. The Balaban J connectivity index is 3.45. The highest BCUT2D eigenvalue weighted by Gasteiger charge is 2.08. The van der Waals surface area contributed by atoms with Crippen molar-refractivity contribution >= 4 is 12.0 Å². The molecular formula is C10H21N3O3. The molecule has 0 radical (unpaired) electrons. The molecule has 0 aliphatic carbocycles. The molecule has 1 atom stereocenters. The fourth-order valence-corrected chi connectivity index (χ4v) is 1.17. The van der Waals surface area contributed by atoms with Crippen molar-refractivity contribution < 1.29 is 14.7 Å². The van der Waals surface area contributed by atoms with Crippen molar-refractivity contribution in [2.45, 2.75) is 19.8 Å². The van der Waals surface area contributed by atoms with Crippen LogP contribution in [0.25, 0.3) is 0 Å². The fraction of sp³-hybridized carbons (Fsp3) is 0.800. The van der Waals surface area contributed by atoms with Crippen LogP contribution in [0.4, 0.5) is 4.79 Å². The molecule has 6 nitrogen and oxygen atoms in total. The average Bonchev–Trinajstić information content (AvgIpc) is 2.20. The Morgan fingerprint density at radius 3 is 2.50 bits per heavy atom. The first-order chi connectivity index (χ1) is 7.56. The van der Waals surface area contributed by atoms with Crippen molar-refractivity contribution in [2.75, 3.05) is 26.7 Å². The van der Waals surface area contributed by atoms with Crippen LogP contribution >= 0.6 is 0 Å².